The molecule has 0 aliphatic rings. The van der Waals surface area contributed by atoms with Crippen LogP contribution in [0, 0.1) is 13.8 Å². The molecule has 7 nitrogen and oxygen atoms in total. The molecule has 34 heavy (non-hydrogen) atoms. The van der Waals surface area contributed by atoms with Crippen molar-refractivity contribution in [3.63, 3.8) is 0 Å². The fraction of sp³-hybridized carbons (Fsp3) is 0.240. The molecule has 0 saturated heterocycles. The van der Waals surface area contributed by atoms with Crippen LogP contribution in [0.1, 0.15) is 11.1 Å². The van der Waals surface area contributed by atoms with Crippen LogP contribution in [-0.4, -0.2) is 41.1 Å². The number of methoxy groups -OCH3 is 1. The van der Waals surface area contributed by atoms with Gasteiger partial charge in [-0.15, -0.1) is 0 Å². The quantitative estimate of drug-likeness (QED) is 0.416. The lowest BCUT2D eigenvalue weighted by molar-refractivity contribution is -0.119. The van der Waals surface area contributed by atoms with Crippen LogP contribution in [0.5, 0.6) is 11.5 Å². The minimum atomic E-state index is -4.01. The molecule has 0 heterocycles. The molecule has 1 amide bonds. The number of aryl methyl sites for hydroxylation is 2. The van der Waals surface area contributed by atoms with Crippen LogP contribution in [0.25, 0.3) is 0 Å². The van der Waals surface area contributed by atoms with E-state index < -0.39 is 22.5 Å². The smallest absolute Gasteiger partial charge is 0.264 e. The second-order valence-corrected chi connectivity index (χ2v) is 9.93. The fourth-order valence-corrected chi connectivity index (χ4v) is 4.85. The van der Waals surface area contributed by atoms with Crippen LogP contribution < -0.4 is 19.1 Å². The van der Waals surface area contributed by atoms with Crippen molar-refractivity contribution in [3.05, 3.63) is 82.9 Å². The van der Waals surface area contributed by atoms with Gasteiger partial charge < -0.3 is 14.8 Å². The molecular weight excluding hydrogens is 476 g/mol. The zero-order chi connectivity index (χ0) is 24.7. The Morgan fingerprint density at radius 2 is 1.62 bits per heavy atom. The lowest BCUT2D eigenvalue weighted by atomic mass is 10.2. The maximum atomic E-state index is 13.5. The van der Waals surface area contributed by atoms with E-state index in [1.807, 2.05) is 6.92 Å². The zero-order valence-corrected chi connectivity index (χ0v) is 20.8. The summed E-state index contributed by atoms with van der Waals surface area (Å²) < 4.78 is 38.8. The summed E-state index contributed by atoms with van der Waals surface area (Å²) in [4.78, 5) is 12.8. The van der Waals surface area contributed by atoms with Gasteiger partial charge in [-0.25, -0.2) is 8.42 Å². The monoisotopic (exact) mass is 502 g/mol. The van der Waals surface area contributed by atoms with Gasteiger partial charge in [-0.2, -0.15) is 0 Å². The predicted molar refractivity (Wildman–Crippen MR) is 133 cm³/mol. The second kappa shape index (κ2) is 11.3. The molecule has 1 N–H and O–H groups in total. The molecule has 3 aromatic rings. The molecule has 0 saturated carbocycles. The fourth-order valence-electron chi connectivity index (χ4n) is 3.21. The molecule has 3 aromatic carbocycles. The summed E-state index contributed by atoms with van der Waals surface area (Å²) in [5.74, 6) is 0.883. The van der Waals surface area contributed by atoms with E-state index in [1.165, 1.54) is 12.1 Å². The highest BCUT2D eigenvalue weighted by Crippen LogP contribution is 2.29. The Balaban J connectivity index is 1.72. The average molecular weight is 503 g/mol. The van der Waals surface area contributed by atoms with Gasteiger partial charge in [-0.3, -0.25) is 9.10 Å². The average Bonchev–Trinajstić information content (AvgIpc) is 2.82. The number of hydrogen-bond donors (Lipinski definition) is 1. The molecular formula is C25H27ClN2O5S. The summed E-state index contributed by atoms with van der Waals surface area (Å²) in [5.41, 5.74) is 1.95. The van der Waals surface area contributed by atoms with Crippen LogP contribution in [0.3, 0.4) is 0 Å². The van der Waals surface area contributed by atoms with Crippen molar-refractivity contribution in [2.45, 2.75) is 18.7 Å². The number of nitrogens with one attached hydrogen (secondary N) is 1. The van der Waals surface area contributed by atoms with Gasteiger partial charge in [0.2, 0.25) is 5.91 Å². The van der Waals surface area contributed by atoms with Gasteiger partial charge in [0.05, 0.1) is 24.2 Å². The maximum absolute atomic E-state index is 13.5. The number of rotatable bonds is 10. The van der Waals surface area contributed by atoms with Crippen molar-refractivity contribution in [1.29, 1.82) is 0 Å². The highest BCUT2D eigenvalue weighted by atomic mass is 35.5. The van der Waals surface area contributed by atoms with Crippen LogP contribution in [0.15, 0.2) is 71.6 Å². The number of carbonyl (C=O) groups is 1. The Kier molecular flexibility index (Phi) is 8.41. The zero-order valence-electron chi connectivity index (χ0n) is 19.2. The molecule has 0 radical (unpaired) electrons. The summed E-state index contributed by atoms with van der Waals surface area (Å²) >= 11 is 6.15. The lowest BCUT2D eigenvalue weighted by Gasteiger charge is -2.26. The molecule has 0 fully saturated rings. The predicted octanol–water partition coefficient (Wildman–Crippen LogP) is 4.36. The van der Waals surface area contributed by atoms with E-state index in [0.29, 0.717) is 27.8 Å². The van der Waals surface area contributed by atoms with Crippen molar-refractivity contribution in [1.82, 2.24) is 5.32 Å². The summed E-state index contributed by atoms with van der Waals surface area (Å²) in [6.07, 6.45) is 0. The van der Waals surface area contributed by atoms with Gasteiger partial charge in [-0.05, 0) is 67.9 Å². The summed E-state index contributed by atoms with van der Waals surface area (Å²) in [7, 11) is -2.43. The SMILES string of the molecule is COc1ccc(OCCNC(=O)CN(c2cc(Cl)ccc2C)S(=O)(=O)c2ccc(C)cc2)cc1. The lowest BCUT2D eigenvalue weighted by Crippen LogP contribution is -2.42. The Bertz CT molecular complexity index is 1230. The number of anilines is 1. The van der Waals surface area contributed by atoms with Crippen LogP contribution in [-0.2, 0) is 14.8 Å². The molecule has 0 atom stereocenters. The summed E-state index contributed by atoms with van der Waals surface area (Å²) in [6.45, 7) is 3.66. The largest absolute Gasteiger partial charge is 0.497 e. The molecule has 0 aliphatic carbocycles. The van der Waals surface area contributed by atoms with E-state index in [0.717, 1.165) is 9.87 Å². The molecule has 0 aliphatic heterocycles. The van der Waals surface area contributed by atoms with Crippen molar-refractivity contribution >= 4 is 33.2 Å². The normalized spacial score (nSPS) is 11.1. The molecule has 180 valence electrons. The van der Waals surface area contributed by atoms with Crippen molar-refractivity contribution < 1.29 is 22.7 Å². The van der Waals surface area contributed by atoms with E-state index >= 15 is 0 Å². The van der Waals surface area contributed by atoms with Crippen molar-refractivity contribution in [3.8, 4) is 11.5 Å². The maximum Gasteiger partial charge on any atom is 0.264 e. The van der Waals surface area contributed by atoms with Crippen LogP contribution in [0.4, 0.5) is 5.69 Å². The first kappa shape index (κ1) is 25.4. The highest BCUT2D eigenvalue weighted by Gasteiger charge is 2.28. The number of hydrogen-bond acceptors (Lipinski definition) is 5. The standard InChI is InChI=1S/C25H27ClN2O5S/c1-18-4-12-23(13-5-18)34(30,31)28(24-16-20(26)7-6-19(24)2)17-25(29)27-14-15-33-22-10-8-21(32-3)9-11-22/h4-13,16H,14-15,17H2,1-3H3,(H,27,29). The molecule has 0 bridgehead atoms. The summed E-state index contributed by atoms with van der Waals surface area (Å²) in [5, 5.41) is 3.09. The number of benzene rings is 3. The highest BCUT2D eigenvalue weighted by molar-refractivity contribution is 7.92. The van der Waals surface area contributed by atoms with E-state index in [4.69, 9.17) is 21.1 Å². The minimum Gasteiger partial charge on any atom is -0.497 e. The Morgan fingerprint density at radius 3 is 2.26 bits per heavy atom. The van der Waals surface area contributed by atoms with Crippen LogP contribution in [0.2, 0.25) is 5.02 Å². The minimum absolute atomic E-state index is 0.0908. The molecule has 0 unspecified atom stereocenters. The number of amides is 1. The van der Waals surface area contributed by atoms with Gasteiger partial charge in [0.1, 0.15) is 24.7 Å². The van der Waals surface area contributed by atoms with Crippen LogP contribution >= 0.6 is 11.6 Å². The third-order valence-electron chi connectivity index (χ3n) is 5.09. The van der Waals surface area contributed by atoms with E-state index in [-0.39, 0.29) is 18.0 Å². The van der Waals surface area contributed by atoms with Gasteiger partial charge >= 0.3 is 0 Å². The van der Waals surface area contributed by atoms with Gasteiger partial charge in [-0.1, -0.05) is 35.4 Å². The second-order valence-electron chi connectivity index (χ2n) is 7.63. The number of carbonyl (C=O) groups excluding carboxylic acids is 1. The Hall–Kier alpha value is -3.23. The van der Waals surface area contributed by atoms with Gasteiger partial charge in [0, 0.05) is 5.02 Å². The number of nitrogens with zero attached hydrogens (tertiary/aromatic N) is 1. The third kappa shape index (κ3) is 6.42. The van der Waals surface area contributed by atoms with Gasteiger partial charge in [0.15, 0.2) is 0 Å². The van der Waals surface area contributed by atoms with Crippen molar-refractivity contribution in [2.75, 3.05) is 31.1 Å². The molecule has 0 spiro atoms. The first-order chi connectivity index (χ1) is 16.2. The van der Waals surface area contributed by atoms with E-state index in [2.05, 4.69) is 5.32 Å². The van der Waals surface area contributed by atoms with E-state index in [1.54, 1.807) is 68.6 Å². The number of ether oxygens (including phenoxy) is 2. The van der Waals surface area contributed by atoms with Crippen molar-refractivity contribution in [2.24, 2.45) is 0 Å². The van der Waals surface area contributed by atoms with E-state index in [9.17, 15) is 13.2 Å². The Labute approximate surface area is 205 Å². The molecule has 0 aromatic heterocycles. The molecule has 3 rings (SSSR count). The Morgan fingerprint density at radius 1 is 0.971 bits per heavy atom. The first-order valence-corrected chi connectivity index (χ1v) is 12.4. The third-order valence-corrected chi connectivity index (χ3v) is 7.10. The number of sulfonamides is 1. The van der Waals surface area contributed by atoms with Gasteiger partial charge in [0.25, 0.3) is 10.0 Å². The topological polar surface area (TPSA) is 84.9 Å². The summed E-state index contributed by atoms with van der Waals surface area (Å²) in [6, 6.07) is 18.5. The first-order valence-electron chi connectivity index (χ1n) is 10.6. The number of halogens is 1. The molecule has 9 heteroatoms.